The minimum atomic E-state index is 0.0269. The molecule has 2 rings (SSSR count). The first-order valence-electron chi connectivity index (χ1n) is 9.40. The Morgan fingerprint density at radius 2 is 1.58 bits per heavy atom. The molecule has 0 saturated heterocycles. The highest BCUT2D eigenvalue weighted by atomic mass is 79.9. The SMILES string of the molecule is CCCCCCCCSc1ccc(/C=C/C(=O)c2ccc(Br)cc2)cc1. The van der Waals surface area contributed by atoms with Gasteiger partial charge in [0, 0.05) is 14.9 Å². The molecule has 0 N–H and O–H groups in total. The molecule has 0 aromatic heterocycles. The van der Waals surface area contributed by atoms with Crippen molar-refractivity contribution >= 4 is 39.6 Å². The monoisotopic (exact) mass is 430 g/mol. The average molecular weight is 431 g/mol. The van der Waals surface area contributed by atoms with Crippen molar-refractivity contribution in [3.8, 4) is 0 Å². The van der Waals surface area contributed by atoms with Crippen LogP contribution >= 0.6 is 27.7 Å². The van der Waals surface area contributed by atoms with Gasteiger partial charge < -0.3 is 0 Å². The van der Waals surface area contributed by atoms with Crippen LogP contribution in [0.2, 0.25) is 0 Å². The second-order valence-corrected chi connectivity index (χ2v) is 8.47. The molecule has 0 fully saturated rings. The second-order valence-electron chi connectivity index (χ2n) is 6.39. The van der Waals surface area contributed by atoms with E-state index in [1.54, 1.807) is 6.08 Å². The van der Waals surface area contributed by atoms with Crippen LogP contribution in [-0.2, 0) is 0 Å². The molecular formula is C23H27BrOS. The molecule has 0 aliphatic rings. The van der Waals surface area contributed by atoms with E-state index in [9.17, 15) is 4.79 Å². The molecule has 0 amide bonds. The first kappa shape index (κ1) is 21.0. The molecule has 2 aromatic rings. The standard InChI is InChI=1S/C23H27BrOS/c1-2-3-4-5-6-7-18-26-22-15-8-19(9-16-22)10-17-23(25)20-11-13-21(24)14-12-20/h8-17H,2-7,18H2,1H3/b17-10+. The van der Waals surface area contributed by atoms with Crippen molar-refractivity contribution in [3.63, 3.8) is 0 Å². The predicted octanol–water partition coefficient (Wildman–Crippen LogP) is 7.80. The summed E-state index contributed by atoms with van der Waals surface area (Å²) in [5, 5.41) is 0. The number of carbonyl (C=O) groups excluding carboxylic acids is 1. The van der Waals surface area contributed by atoms with Crippen molar-refractivity contribution in [2.45, 2.75) is 50.3 Å². The van der Waals surface area contributed by atoms with Crippen LogP contribution in [0.15, 0.2) is 64.0 Å². The zero-order chi connectivity index (χ0) is 18.6. The Labute approximate surface area is 170 Å². The minimum absolute atomic E-state index is 0.0269. The summed E-state index contributed by atoms with van der Waals surface area (Å²) in [5.74, 6) is 1.21. The fourth-order valence-corrected chi connectivity index (χ4v) is 3.81. The third kappa shape index (κ3) is 7.92. The second kappa shape index (κ2) is 12.1. The highest BCUT2D eigenvalue weighted by Crippen LogP contribution is 2.21. The Bertz CT molecular complexity index is 689. The number of benzene rings is 2. The third-order valence-corrected chi connectivity index (χ3v) is 5.83. The number of allylic oxidation sites excluding steroid dienone is 1. The molecule has 2 aromatic carbocycles. The van der Waals surface area contributed by atoms with Gasteiger partial charge in [0.2, 0.25) is 0 Å². The van der Waals surface area contributed by atoms with Gasteiger partial charge in [0.15, 0.2) is 5.78 Å². The van der Waals surface area contributed by atoms with Crippen LogP contribution in [0.4, 0.5) is 0 Å². The molecule has 0 spiro atoms. The molecule has 0 radical (unpaired) electrons. The van der Waals surface area contributed by atoms with E-state index in [4.69, 9.17) is 0 Å². The van der Waals surface area contributed by atoms with Crippen molar-refractivity contribution in [3.05, 3.63) is 70.2 Å². The number of unbranched alkanes of at least 4 members (excludes halogenated alkanes) is 5. The van der Waals surface area contributed by atoms with E-state index in [0.717, 1.165) is 10.0 Å². The highest BCUT2D eigenvalue weighted by molar-refractivity contribution is 9.10. The maximum atomic E-state index is 12.2. The van der Waals surface area contributed by atoms with Gasteiger partial charge in [0.05, 0.1) is 0 Å². The van der Waals surface area contributed by atoms with Crippen molar-refractivity contribution in [2.24, 2.45) is 0 Å². The molecule has 0 atom stereocenters. The lowest BCUT2D eigenvalue weighted by Gasteiger charge is -2.03. The zero-order valence-corrected chi connectivity index (χ0v) is 17.8. The number of ketones is 1. The predicted molar refractivity (Wildman–Crippen MR) is 118 cm³/mol. The Kier molecular flexibility index (Phi) is 9.80. The third-order valence-electron chi connectivity index (χ3n) is 4.20. The Balaban J connectivity index is 1.74. The molecule has 26 heavy (non-hydrogen) atoms. The summed E-state index contributed by atoms with van der Waals surface area (Å²) >= 11 is 5.30. The van der Waals surface area contributed by atoms with Gasteiger partial charge in [-0.05, 0) is 60.2 Å². The number of rotatable bonds is 11. The van der Waals surface area contributed by atoms with Crippen LogP contribution < -0.4 is 0 Å². The number of halogens is 1. The van der Waals surface area contributed by atoms with E-state index in [1.165, 1.54) is 49.2 Å². The lowest BCUT2D eigenvalue weighted by Crippen LogP contribution is -1.93. The lowest BCUT2D eigenvalue weighted by atomic mass is 10.1. The maximum Gasteiger partial charge on any atom is 0.185 e. The van der Waals surface area contributed by atoms with E-state index in [2.05, 4.69) is 47.1 Å². The fraction of sp³-hybridized carbons (Fsp3) is 0.348. The summed E-state index contributed by atoms with van der Waals surface area (Å²) < 4.78 is 0.979. The number of hydrogen-bond acceptors (Lipinski definition) is 2. The van der Waals surface area contributed by atoms with E-state index < -0.39 is 0 Å². The molecule has 138 valence electrons. The molecule has 0 heterocycles. The van der Waals surface area contributed by atoms with Crippen LogP contribution in [0.3, 0.4) is 0 Å². The van der Waals surface area contributed by atoms with Crippen molar-refractivity contribution in [2.75, 3.05) is 5.75 Å². The van der Waals surface area contributed by atoms with Crippen LogP contribution in [0, 0.1) is 0 Å². The van der Waals surface area contributed by atoms with E-state index >= 15 is 0 Å². The quantitative estimate of drug-likeness (QED) is 0.156. The van der Waals surface area contributed by atoms with Crippen LogP contribution in [-0.4, -0.2) is 11.5 Å². The first-order valence-corrected chi connectivity index (χ1v) is 11.2. The van der Waals surface area contributed by atoms with Crippen molar-refractivity contribution in [1.29, 1.82) is 0 Å². The topological polar surface area (TPSA) is 17.1 Å². The fourth-order valence-electron chi connectivity index (χ4n) is 2.63. The summed E-state index contributed by atoms with van der Waals surface area (Å²) in [6, 6.07) is 15.9. The largest absolute Gasteiger partial charge is 0.289 e. The van der Waals surface area contributed by atoms with Gasteiger partial charge in [-0.3, -0.25) is 4.79 Å². The summed E-state index contributed by atoms with van der Waals surface area (Å²) in [6.45, 7) is 2.26. The summed E-state index contributed by atoms with van der Waals surface area (Å²) in [6.07, 6.45) is 11.6. The van der Waals surface area contributed by atoms with Crippen molar-refractivity contribution in [1.82, 2.24) is 0 Å². The van der Waals surface area contributed by atoms with Gasteiger partial charge >= 0.3 is 0 Å². The van der Waals surface area contributed by atoms with E-state index in [-0.39, 0.29) is 5.78 Å². The van der Waals surface area contributed by atoms with Gasteiger partial charge in [-0.2, -0.15) is 0 Å². The lowest BCUT2D eigenvalue weighted by molar-refractivity contribution is 0.104. The number of thioether (sulfide) groups is 1. The smallest absolute Gasteiger partial charge is 0.185 e. The molecule has 3 heteroatoms. The van der Waals surface area contributed by atoms with Crippen molar-refractivity contribution < 1.29 is 4.79 Å². The molecule has 0 bridgehead atoms. The molecule has 0 saturated carbocycles. The molecule has 0 aliphatic carbocycles. The summed E-state index contributed by atoms with van der Waals surface area (Å²) in [7, 11) is 0. The Morgan fingerprint density at radius 3 is 2.27 bits per heavy atom. The first-order chi connectivity index (χ1) is 12.7. The van der Waals surface area contributed by atoms with Gasteiger partial charge in [0.25, 0.3) is 0 Å². The highest BCUT2D eigenvalue weighted by Gasteiger charge is 2.01. The number of carbonyl (C=O) groups is 1. The zero-order valence-electron chi connectivity index (χ0n) is 15.4. The average Bonchev–Trinajstić information content (AvgIpc) is 2.67. The molecule has 1 nitrogen and oxygen atoms in total. The molecular weight excluding hydrogens is 404 g/mol. The van der Waals surface area contributed by atoms with E-state index in [1.807, 2.05) is 42.1 Å². The maximum absolute atomic E-state index is 12.2. The summed E-state index contributed by atoms with van der Waals surface area (Å²) in [4.78, 5) is 13.5. The Hall–Kier alpha value is -1.32. The van der Waals surface area contributed by atoms with Crippen LogP contribution in [0.5, 0.6) is 0 Å². The normalized spacial score (nSPS) is 11.2. The molecule has 0 aliphatic heterocycles. The van der Waals surface area contributed by atoms with Gasteiger partial charge in [-0.25, -0.2) is 0 Å². The van der Waals surface area contributed by atoms with Crippen LogP contribution in [0.25, 0.3) is 6.08 Å². The Morgan fingerprint density at radius 1 is 0.923 bits per heavy atom. The van der Waals surface area contributed by atoms with Gasteiger partial charge in [-0.1, -0.05) is 73.2 Å². The summed E-state index contributed by atoms with van der Waals surface area (Å²) in [5.41, 5.74) is 1.76. The minimum Gasteiger partial charge on any atom is -0.289 e. The van der Waals surface area contributed by atoms with Gasteiger partial charge in [-0.15, -0.1) is 11.8 Å². The van der Waals surface area contributed by atoms with Crippen LogP contribution in [0.1, 0.15) is 61.4 Å². The van der Waals surface area contributed by atoms with Gasteiger partial charge in [0.1, 0.15) is 0 Å². The number of hydrogen-bond donors (Lipinski definition) is 0. The van der Waals surface area contributed by atoms with E-state index in [0.29, 0.717) is 5.56 Å². The molecule has 0 unspecified atom stereocenters.